The molecule has 0 aromatic heterocycles. The largest absolute Gasteiger partial charge is 0.481 e. The minimum absolute atomic E-state index is 0.102. The van der Waals surface area contributed by atoms with Crippen LogP contribution in [0, 0.1) is 0 Å². The molecule has 1 rings (SSSR count). The van der Waals surface area contributed by atoms with Gasteiger partial charge in [0.05, 0.1) is 0 Å². The smallest absolute Gasteiger partial charge is 0.260 e. The van der Waals surface area contributed by atoms with Crippen LogP contribution >= 0.6 is 23.4 Å². The van der Waals surface area contributed by atoms with Gasteiger partial charge in [0.15, 0.2) is 6.10 Å². The molecule has 5 heteroatoms. The first kappa shape index (κ1) is 17.2. The van der Waals surface area contributed by atoms with Crippen LogP contribution in [0.3, 0.4) is 0 Å². The summed E-state index contributed by atoms with van der Waals surface area (Å²) < 4.78 is 5.77. The molecular formula is C15H22ClNO2S. The topological polar surface area (TPSA) is 38.3 Å². The Balaban J connectivity index is 2.30. The van der Waals surface area contributed by atoms with Gasteiger partial charge in [-0.2, -0.15) is 11.8 Å². The summed E-state index contributed by atoms with van der Waals surface area (Å²) in [6, 6.07) is 6.98. The van der Waals surface area contributed by atoms with Crippen molar-refractivity contribution < 1.29 is 9.53 Å². The van der Waals surface area contributed by atoms with E-state index >= 15 is 0 Å². The quantitative estimate of drug-likeness (QED) is 0.812. The van der Waals surface area contributed by atoms with Crippen molar-refractivity contribution in [3.8, 4) is 5.75 Å². The number of carbonyl (C=O) groups is 1. The first-order chi connectivity index (χ1) is 9.28. The highest BCUT2D eigenvalue weighted by atomic mass is 35.5. The molecule has 1 aromatic rings. The maximum Gasteiger partial charge on any atom is 0.260 e. The number of rotatable bonds is 6. The van der Waals surface area contributed by atoms with E-state index in [0.717, 1.165) is 5.75 Å². The zero-order valence-electron chi connectivity index (χ0n) is 12.4. The van der Waals surface area contributed by atoms with Crippen molar-refractivity contribution in [2.45, 2.75) is 38.5 Å². The van der Waals surface area contributed by atoms with Gasteiger partial charge in [0.1, 0.15) is 5.75 Å². The Labute approximate surface area is 130 Å². The molecule has 0 unspecified atom stereocenters. The van der Waals surface area contributed by atoms with E-state index in [0.29, 0.717) is 17.3 Å². The normalized spacial score (nSPS) is 12.8. The third kappa shape index (κ3) is 7.06. The molecule has 1 aromatic carbocycles. The van der Waals surface area contributed by atoms with E-state index < -0.39 is 6.10 Å². The van der Waals surface area contributed by atoms with Crippen molar-refractivity contribution >= 4 is 29.3 Å². The third-order valence-corrected chi connectivity index (χ3v) is 3.96. The van der Waals surface area contributed by atoms with Gasteiger partial charge >= 0.3 is 0 Å². The van der Waals surface area contributed by atoms with Crippen molar-refractivity contribution in [1.29, 1.82) is 0 Å². The average Bonchev–Trinajstić information content (AvgIpc) is 2.36. The van der Waals surface area contributed by atoms with Crippen LogP contribution in [0.5, 0.6) is 5.75 Å². The summed E-state index contributed by atoms with van der Waals surface area (Å²) in [6.07, 6.45) is -0.518. The summed E-state index contributed by atoms with van der Waals surface area (Å²) in [4.78, 5) is 11.9. The van der Waals surface area contributed by atoms with Crippen LogP contribution in [0.4, 0.5) is 0 Å². The van der Waals surface area contributed by atoms with E-state index in [1.165, 1.54) is 0 Å². The molecule has 0 aliphatic rings. The second-order valence-corrected chi connectivity index (χ2v) is 7.82. The number of benzene rings is 1. The van der Waals surface area contributed by atoms with Crippen LogP contribution in [0.25, 0.3) is 0 Å². The van der Waals surface area contributed by atoms with Crippen molar-refractivity contribution in [2.24, 2.45) is 0 Å². The van der Waals surface area contributed by atoms with Gasteiger partial charge in [-0.05, 0) is 31.2 Å². The Hall–Kier alpha value is -0.870. The second kappa shape index (κ2) is 7.79. The van der Waals surface area contributed by atoms with Crippen molar-refractivity contribution in [2.75, 3.05) is 12.3 Å². The van der Waals surface area contributed by atoms with E-state index in [9.17, 15) is 4.79 Å². The number of amides is 1. The standard InChI is InChI=1S/C15H22ClNO2S/c1-11(19-13-7-5-12(16)6-8-13)14(18)17-9-10-20-15(2,3)4/h5-8,11H,9-10H2,1-4H3,(H,17,18)/t11-/m0/s1. The molecule has 0 bridgehead atoms. The Kier molecular flexibility index (Phi) is 6.69. The van der Waals surface area contributed by atoms with Gasteiger partial charge in [0.2, 0.25) is 0 Å². The van der Waals surface area contributed by atoms with Crippen LogP contribution in [-0.4, -0.2) is 29.1 Å². The third-order valence-electron chi connectivity index (χ3n) is 2.43. The van der Waals surface area contributed by atoms with E-state index in [1.807, 2.05) is 11.8 Å². The lowest BCUT2D eigenvalue weighted by molar-refractivity contribution is -0.127. The number of carbonyl (C=O) groups excluding carboxylic acids is 1. The second-order valence-electron chi connectivity index (χ2n) is 5.47. The van der Waals surface area contributed by atoms with Crippen molar-refractivity contribution in [3.05, 3.63) is 29.3 Å². The molecule has 0 aliphatic carbocycles. The molecule has 1 amide bonds. The molecule has 0 saturated heterocycles. The van der Waals surface area contributed by atoms with Crippen LogP contribution in [0.15, 0.2) is 24.3 Å². The molecule has 0 radical (unpaired) electrons. The van der Waals surface area contributed by atoms with E-state index in [1.54, 1.807) is 31.2 Å². The van der Waals surface area contributed by atoms with Crippen LogP contribution in [-0.2, 0) is 4.79 Å². The summed E-state index contributed by atoms with van der Waals surface area (Å²) in [5.74, 6) is 1.43. The SMILES string of the molecule is C[C@H](Oc1ccc(Cl)cc1)C(=O)NCCSC(C)(C)C. The van der Waals surface area contributed by atoms with Crippen LogP contribution < -0.4 is 10.1 Å². The lowest BCUT2D eigenvalue weighted by Gasteiger charge is -2.18. The fourth-order valence-electron chi connectivity index (χ4n) is 1.45. The number of hydrogen-bond donors (Lipinski definition) is 1. The van der Waals surface area contributed by atoms with Crippen molar-refractivity contribution in [3.63, 3.8) is 0 Å². The van der Waals surface area contributed by atoms with Gasteiger partial charge in [0, 0.05) is 22.1 Å². The highest BCUT2D eigenvalue weighted by molar-refractivity contribution is 8.00. The lowest BCUT2D eigenvalue weighted by atomic mass is 10.3. The Bertz CT molecular complexity index is 428. The minimum Gasteiger partial charge on any atom is -0.481 e. The van der Waals surface area contributed by atoms with Gasteiger partial charge in [-0.3, -0.25) is 4.79 Å². The van der Waals surface area contributed by atoms with E-state index in [-0.39, 0.29) is 10.7 Å². The highest BCUT2D eigenvalue weighted by Crippen LogP contribution is 2.22. The summed E-state index contributed by atoms with van der Waals surface area (Å²) in [6.45, 7) is 8.86. The molecule has 0 saturated carbocycles. The monoisotopic (exact) mass is 315 g/mol. The number of thioether (sulfide) groups is 1. The predicted octanol–water partition coefficient (Wildman–Crippen LogP) is 3.76. The summed E-state index contributed by atoms with van der Waals surface area (Å²) in [5, 5.41) is 3.52. The Morgan fingerprint density at radius 2 is 1.95 bits per heavy atom. The molecule has 0 fully saturated rings. The Morgan fingerprint density at radius 3 is 2.50 bits per heavy atom. The molecular weight excluding hydrogens is 294 g/mol. The van der Waals surface area contributed by atoms with E-state index in [2.05, 4.69) is 26.1 Å². The number of halogens is 1. The maximum atomic E-state index is 11.9. The molecule has 1 N–H and O–H groups in total. The molecule has 112 valence electrons. The minimum atomic E-state index is -0.518. The Morgan fingerprint density at radius 1 is 1.35 bits per heavy atom. The first-order valence-corrected chi connectivity index (χ1v) is 7.98. The van der Waals surface area contributed by atoms with Crippen molar-refractivity contribution in [1.82, 2.24) is 5.32 Å². The van der Waals surface area contributed by atoms with Gasteiger partial charge in [-0.15, -0.1) is 0 Å². The summed E-state index contributed by atoms with van der Waals surface area (Å²) in [5.41, 5.74) is 0. The zero-order chi connectivity index (χ0) is 15.2. The number of nitrogens with one attached hydrogen (secondary N) is 1. The van der Waals surface area contributed by atoms with Crippen LogP contribution in [0.2, 0.25) is 5.02 Å². The highest BCUT2D eigenvalue weighted by Gasteiger charge is 2.15. The zero-order valence-corrected chi connectivity index (χ0v) is 14.0. The van der Waals surface area contributed by atoms with Gasteiger partial charge < -0.3 is 10.1 Å². The molecule has 20 heavy (non-hydrogen) atoms. The molecule has 1 atom stereocenters. The number of hydrogen-bond acceptors (Lipinski definition) is 3. The molecule has 0 spiro atoms. The van der Waals surface area contributed by atoms with E-state index in [4.69, 9.17) is 16.3 Å². The summed E-state index contributed by atoms with van der Waals surface area (Å²) >= 11 is 7.62. The van der Waals surface area contributed by atoms with Gasteiger partial charge in [0.25, 0.3) is 5.91 Å². The molecule has 0 heterocycles. The maximum absolute atomic E-state index is 11.9. The molecule has 3 nitrogen and oxygen atoms in total. The fraction of sp³-hybridized carbons (Fsp3) is 0.533. The molecule has 0 aliphatic heterocycles. The van der Waals surface area contributed by atoms with Gasteiger partial charge in [-0.25, -0.2) is 0 Å². The van der Waals surface area contributed by atoms with Gasteiger partial charge in [-0.1, -0.05) is 32.4 Å². The number of ether oxygens (including phenoxy) is 1. The fourth-order valence-corrected chi connectivity index (χ4v) is 2.39. The predicted molar refractivity (Wildman–Crippen MR) is 86.8 cm³/mol. The first-order valence-electron chi connectivity index (χ1n) is 6.62. The van der Waals surface area contributed by atoms with Crippen LogP contribution in [0.1, 0.15) is 27.7 Å². The average molecular weight is 316 g/mol. The lowest BCUT2D eigenvalue weighted by Crippen LogP contribution is -2.37. The summed E-state index contributed by atoms with van der Waals surface area (Å²) in [7, 11) is 0.